The highest BCUT2D eigenvalue weighted by Gasteiger charge is 2.06. The van der Waals surface area contributed by atoms with Gasteiger partial charge in [-0.3, -0.25) is 13.9 Å². The van der Waals surface area contributed by atoms with Gasteiger partial charge in [0.25, 0.3) is 5.56 Å². The Morgan fingerprint density at radius 2 is 1.89 bits per heavy atom. The molecule has 0 saturated carbocycles. The van der Waals surface area contributed by atoms with Crippen molar-refractivity contribution in [3.8, 4) is 0 Å². The van der Waals surface area contributed by atoms with Crippen molar-refractivity contribution in [3.05, 3.63) is 67.4 Å². The highest BCUT2D eigenvalue weighted by atomic mass is 79.9. The molecule has 19 heavy (non-hydrogen) atoms. The van der Waals surface area contributed by atoms with E-state index in [4.69, 9.17) is 5.73 Å². The van der Waals surface area contributed by atoms with Crippen molar-refractivity contribution in [3.63, 3.8) is 0 Å². The molecule has 1 aromatic carbocycles. The van der Waals surface area contributed by atoms with Crippen molar-refractivity contribution >= 4 is 15.9 Å². The van der Waals surface area contributed by atoms with Gasteiger partial charge in [0, 0.05) is 29.8 Å². The molecule has 0 aliphatic rings. The molecule has 0 spiro atoms. The van der Waals surface area contributed by atoms with E-state index in [-0.39, 0.29) is 24.3 Å². The highest BCUT2D eigenvalue weighted by molar-refractivity contribution is 9.10. The summed E-state index contributed by atoms with van der Waals surface area (Å²) >= 11 is 3.44. The molecule has 0 amide bonds. The summed E-state index contributed by atoms with van der Waals surface area (Å²) in [6.07, 6.45) is 1.51. The molecular weight excluding hydrogens is 310 g/mol. The lowest BCUT2D eigenvalue weighted by Gasteiger charge is -2.10. The van der Waals surface area contributed by atoms with Crippen LogP contribution in [0.5, 0.6) is 0 Å². The van der Waals surface area contributed by atoms with Crippen LogP contribution < -0.4 is 17.0 Å². The molecule has 0 saturated heterocycles. The Balaban J connectivity index is 2.42. The zero-order chi connectivity index (χ0) is 13.8. The van der Waals surface area contributed by atoms with Crippen LogP contribution in [0.15, 0.2) is 50.6 Å². The van der Waals surface area contributed by atoms with Gasteiger partial charge in [0.05, 0.1) is 6.54 Å². The Morgan fingerprint density at radius 1 is 1.16 bits per heavy atom. The van der Waals surface area contributed by atoms with Crippen LogP contribution in [0.3, 0.4) is 0 Å². The minimum absolute atomic E-state index is 0.231. The summed E-state index contributed by atoms with van der Waals surface area (Å²) in [5.74, 6) is 0. The standard InChI is InChI=1S/C13H14BrN3O2/c14-11-4-2-1-3-10(11)9-16-7-5-12(18)17(8-6-15)13(16)19/h1-5,7H,6,8-9,15H2. The summed E-state index contributed by atoms with van der Waals surface area (Å²) in [5, 5.41) is 0. The summed E-state index contributed by atoms with van der Waals surface area (Å²) in [6.45, 7) is 0.897. The van der Waals surface area contributed by atoms with Crippen LogP contribution in [0, 0.1) is 0 Å². The number of hydrogen-bond donors (Lipinski definition) is 1. The van der Waals surface area contributed by atoms with E-state index in [2.05, 4.69) is 15.9 Å². The first-order chi connectivity index (χ1) is 9.13. The van der Waals surface area contributed by atoms with E-state index in [1.165, 1.54) is 16.8 Å². The molecule has 0 bridgehead atoms. The maximum atomic E-state index is 12.2. The predicted molar refractivity (Wildman–Crippen MR) is 77.3 cm³/mol. The van der Waals surface area contributed by atoms with Gasteiger partial charge in [0.2, 0.25) is 0 Å². The molecule has 1 heterocycles. The molecule has 6 heteroatoms. The van der Waals surface area contributed by atoms with Crippen LogP contribution in [0.25, 0.3) is 0 Å². The Bertz CT molecular complexity index is 691. The molecule has 100 valence electrons. The lowest BCUT2D eigenvalue weighted by atomic mass is 10.2. The van der Waals surface area contributed by atoms with Gasteiger partial charge in [-0.2, -0.15) is 0 Å². The molecule has 0 fully saturated rings. The van der Waals surface area contributed by atoms with Gasteiger partial charge in [-0.15, -0.1) is 0 Å². The van der Waals surface area contributed by atoms with E-state index in [1.807, 2.05) is 24.3 Å². The predicted octanol–water partition coefficient (Wildman–Crippen LogP) is 0.779. The molecule has 2 aromatic rings. The number of hydrogen-bond acceptors (Lipinski definition) is 3. The zero-order valence-corrected chi connectivity index (χ0v) is 11.8. The van der Waals surface area contributed by atoms with Crippen LogP contribution in [-0.2, 0) is 13.1 Å². The average molecular weight is 324 g/mol. The summed E-state index contributed by atoms with van der Waals surface area (Å²) in [5.41, 5.74) is 5.72. The normalized spacial score (nSPS) is 10.6. The molecule has 1 aromatic heterocycles. The van der Waals surface area contributed by atoms with Gasteiger partial charge >= 0.3 is 5.69 Å². The third-order valence-electron chi connectivity index (χ3n) is 2.79. The number of nitrogens with zero attached hydrogens (tertiary/aromatic N) is 2. The smallest absolute Gasteiger partial charge is 0.329 e. The largest absolute Gasteiger partial charge is 0.331 e. The van der Waals surface area contributed by atoms with E-state index in [9.17, 15) is 9.59 Å². The van der Waals surface area contributed by atoms with Gasteiger partial charge in [0.15, 0.2) is 0 Å². The van der Waals surface area contributed by atoms with Gasteiger partial charge in [-0.25, -0.2) is 4.79 Å². The number of nitrogens with two attached hydrogens (primary N) is 1. The number of aromatic nitrogens is 2. The van der Waals surface area contributed by atoms with Crippen molar-refractivity contribution in [1.29, 1.82) is 0 Å². The zero-order valence-electron chi connectivity index (χ0n) is 10.3. The van der Waals surface area contributed by atoms with Crippen molar-refractivity contribution in [2.45, 2.75) is 13.1 Å². The molecule has 0 atom stereocenters. The first kappa shape index (κ1) is 13.8. The molecule has 2 N–H and O–H groups in total. The van der Waals surface area contributed by atoms with Gasteiger partial charge in [-0.1, -0.05) is 34.1 Å². The summed E-state index contributed by atoms with van der Waals surface area (Å²) in [6, 6.07) is 9.03. The topological polar surface area (TPSA) is 70.0 Å². The lowest BCUT2D eigenvalue weighted by Crippen LogP contribution is -2.40. The SMILES string of the molecule is NCCn1c(=O)ccn(Cc2ccccc2Br)c1=O. The molecular formula is C13H14BrN3O2. The van der Waals surface area contributed by atoms with Crippen molar-refractivity contribution in [2.24, 2.45) is 5.73 Å². The Labute approximate surface area is 118 Å². The molecule has 0 unspecified atom stereocenters. The van der Waals surface area contributed by atoms with Crippen LogP contribution in [0.4, 0.5) is 0 Å². The minimum atomic E-state index is -0.339. The minimum Gasteiger partial charge on any atom is -0.329 e. The first-order valence-electron chi connectivity index (χ1n) is 5.87. The van der Waals surface area contributed by atoms with E-state index in [0.29, 0.717) is 6.54 Å². The fourth-order valence-electron chi connectivity index (χ4n) is 1.82. The fraction of sp³-hybridized carbons (Fsp3) is 0.231. The maximum absolute atomic E-state index is 12.2. The molecule has 0 aliphatic heterocycles. The second-order valence-corrected chi connectivity index (χ2v) is 4.95. The molecule has 0 radical (unpaired) electrons. The van der Waals surface area contributed by atoms with Crippen LogP contribution in [-0.4, -0.2) is 15.7 Å². The second kappa shape index (κ2) is 5.99. The molecule has 5 nitrogen and oxygen atoms in total. The Kier molecular flexibility index (Phi) is 4.34. The quantitative estimate of drug-likeness (QED) is 0.903. The van der Waals surface area contributed by atoms with Gasteiger partial charge in [-0.05, 0) is 11.6 Å². The third kappa shape index (κ3) is 3.02. The van der Waals surface area contributed by atoms with Crippen molar-refractivity contribution in [1.82, 2.24) is 9.13 Å². The fourth-order valence-corrected chi connectivity index (χ4v) is 2.23. The summed E-state index contributed by atoms with van der Waals surface area (Å²) < 4.78 is 3.58. The number of benzene rings is 1. The monoisotopic (exact) mass is 323 g/mol. The van der Waals surface area contributed by atoms with E-state index in [0.717, 1.165) is 14.6 Å². The Morgan fingerprint density at radius 3 is 2.58 bits per heavy atom. The van der Waals surface area contributed by atoms with E-state index < -0.39 is 0 Å². The van der Waals surface area contributed by atoms with Crippen molar-refractivity contribution < 1.29 is 0 Å². The first-order valence-corrected chi connectivity index (χ1v) is 6.66. The highest BCUT2D eigenvalue weighted by Crippen LogP contribution is 2.16. The summed E-state index contributed by atoms with van der Waals surface area (Å²) in [7, 11) is 0. The molecule has 0 aliphatic carbocycles. The van der Waals surface area contributed by atoms with Crippen molar-refractivity contribution in [2.75, 3.05) is 6.54 Å². The lowest BCUT2D eigenvalue weighted by molar-refractivity contribution is 0.579. The van der Waals surface area contributed by atoms with Crippen LogP contribution >= 0.6 is 15.9 Å². The average Bonchev–Trinajstić information content (AvgIpc) is 2.40. The van der Waals surface area contributed by atoms with Crippen LogP contribution in [0.2, 0.25) is 0 Å². The van der Waals surface area contributed by atoms with E-state index >= 15 is 0 Å². The van der Waals surface area contributed by atoms with Crippen LogP contribution in [0.1, 0.15) is 5.56 Å². The Hall–Kier alpha value is -1.66. The van der Waals surface area contributed by atoms with Gasteiger partial charge in [0.1, 0.15) is 0 Å². The summed E-state index contributed by atoms with van der Waals surface area (Å²) in [4.78, 5) is 23.7. The molecule has 2 rings (SSSR count). The van der Waals surface area contributed by atoms with Gasteiger partial charge < -0.3 is 5.73 Å². The third-order valence-corrected chi connectivity index (χ3v) is 3.56. The number of rotatable bonds is 4. The number of halogens is 1. The maximum Gasteiger partial charge on any atom is 0.331 e. The second-order valence-electron chi connectivity index (χ2n) is 4.10. The van der Waals surface area contributed by atoms with E-state index in [1.54, 1.807) is 0 Å².